The van der Waals surface area contributed by atoms with Gasteiger partial charge in [-0.2, -0.15) is 11.8 Å². The summed E-state index contributed by atoms with van der Waals surface area (Å²) in [4.78, 5) is 26.5. The van der Waals surface area contributed by atoms with Crippen molar-refractivity contribution in [1.29, 1.82) is 0 Å². The lowest BCUT2D eigenvalue weighted by atomic mass is 10.0. The van der Waals surface area contributed by atoms with Gasteiger partial charge in [0.25, 0.3) is 0 Å². The van der Waals surface area contributed by atoms with Crippen LogP contribution in [0.5, 0.6) is 0 Å². The Morgan fingerprint density at radius 3 is 2.84 bits per heavy atom. The molecule has 1 atom stereocenters. The number of carbonyl (C=O) groups is 2. The molecule has 2 rings (SSSR count). The number of rotatable bonds is 4. The Labute approximate surface area is 115 Å². The summed E-state index contributed by atoms with van der Waals surface area (Å²) in [5.41, 5.74) is 0.108. The number of aromatic nitrogens is 1. The predicted molar refractivity (Wildman–Crippen MR) is 74.5 cm³/mol. The SMILES string of the molecule is CC1(CC(=O)Nc2ccc(C(=O)O)cn2)CCCS1. The fourth-order valence-corrected chi connectivity index (χ4v) is 3.40. The molecule has 6 heteroatoms. The van der Waals surface area contributed by atoms with Crippen LogP contribution in [0.15, 0.2) is 18.3 Å². The van der Waals surface area contributed by atoms with Crippen LogP contribution in [-0.2, 0) is 4.79 Å². The lowest BCUT2D eigenvalue weighted by Crippen LogP contribution is -2.25. The molecule has 0 aromatic carbocycles. The normalized spacial score (nSPS) is 22.2. The number of carbonyl (C=O) groups excluding carboxylic acids is 1. The monoisotopic (exact) mass is 280 g/mol. The number of thioether (sulfide) groups is 1. The third-order valence-electron chi connectivity index (χ3n) is 3.11. The summed E-state index contributed by atoms with van der Waals surface area (Å²) in [6, 6.07) is 2.93. The van der Waals surface area contributed by atoms with Gasteiger partial charge in [0.15, 0.2) is 0 Å². The molecule has 2 heterocycles. The van der Waals surface area contributed by atoms with Crippen molar-refractivity contribution in [2.45, 2.75) is 30.9 Å². The highest BCUT2D eigenvalue weighted by molar-refractivity contribution is 8.00. The first-order valence-corrected chi connectivity index (χ1v) is 7.10. The second kappa shape index (κ2) is 5.61. The van der Waals surface area contributed by atoms with Gasteiger partial charge in [0.1, 0.15) is 5.82 Å². The average Bonchev–Trinajstić information content (AvgIpc) is 2.76. The fraction of sp³-hybridized carbons (Fsp3) is 0.462. The van der Waals surface area contributed by atoms with E-state index in [4.69, 9.17) is 5.11 Å². The van der Waals surface area contributed by atoms with Gasteiger partial charge in [-0.3, -0.25) is 4.79 Å². The molecular weight excluding hydrogens is 264 g/mol. The van der Waals surface area contributed by atoms with Crippen molar-refractivity contribution in [3.63, 3.8) is 0 Å². The van der Waals surface area contributed by atoms with Gasteiger partial charge < -0.3 is 10.4 Å². The molecule has 1 aromatic heterocycles. The molecule has 0 radical (unpaired) electrons. The quantitative estimate of drug-likeness (QED) is 0.885. The summed E-state index contributed by atoms with van der Waals surface area (Å²) >= 11 is 1.83. The van der Waals surface area contributed by atoms with Gasteiger partial charge in [-0.25, -0.2) is 9.78 Å². The number of carboxylic acids is 1. The Hall–Kier alpha value is -1.56. The number of hydrogen-bond acceptors (Lipinski definition) is 4. The van der Waals surface area contributed by atoms with E-state index in [0.717, 1.165) is 18.6 Å². The average molecular weight is 280 g/mol. The number of hydrogen-bond donors (Lipinski definition) is 2. The topological polar surface area (TPSA) is 79.3 Å². The number of aromatic carboxylic acids is 1. The molecule has 2 N–H and O–H groups in total. The Balaban J connectivity index is 1.93. The number of nitrogens with one attached hydrogen (secondary N) is 1. The van der Waals surface area contributed by atoms with Crippen LogP contribution in [0.25, 0.3) is 0 Å². The number of amides is 1. The zero-order chi connectivity index (χ0) is 13.9. The summed E-state index contributed by atoms with van der Waals surface area (Å²) in [6.07, 6.45) is 3.90. The van der Waals surface area contributed by atoms with Crippen molar-refractivity contribution in [3.05, 3.63) is 23.9 Å². The largest absolute Gasteiger partial charge is 0.478 e. The third kappa shape index (κ3) is 3.70. The minimum atomic E-state index is -1.03. The van der Waals surface area contributed by atoms with E-state index in [2.05, 4.69) is 17.2 Å². The first-order valence-electron chi connectivity index (χ1n) is 6.12. The summed E-state index contributed by atoms with van der Waals surface area (Å²) in [6.45, 7) is 2.10. The fourth-order valence-electron chi connectivity index (χ4n) is 2.10. The molecule has 102 valence electrons. The lowest BCUT2D eigenvalue weighted by Gasteiger charge is -2.21. The molecular formula is C13H16N2O3S. The van der Waals surface area contributed by atoms with E-state index in [1.54, 1.807) is 0 Å². The maximum atomic E-state index is 11.9. The molecule has 1 fully saturated rings. The van der Waals surface area contributed by atoms with Crippen molar-refractivity contribution in [3.8, 4) is 0 Å². The molecule has 1 saturated heterocycles. The van der Waals surface area contributed by atoms with E-state index in [9.17, 15) is 9.59 Å². The smallest absolute Gasteiger partial charge is 0.337 e. The van der Waals surface area contributed by atoms with Gasteiger partial charge in [-0.15, -0.1) is 0 Å². The molecule has 1 amide bonds. The molecule has 0 bridgehead atoms. The standard InChI is InChI=1S/C13H16N2O3S/c1-13(5-2-6-19-13)7-11(16)15-10-4-3-9(8-14-10)12(17)18/h3-4,8H,2,5-7H2,1H3,(H,17,18)(H,14,15,16). The zero-order valence-corrected chi connectivity index (χ0v) is 11.5. The second-order valence-corrected chi connectivity index (χ2v) is 6.55. The van der Waals surface area contributed by atoms with E-state index < -0.39 is 5.97 Å². The summed E-state index contributed by atoms with van der Waals surface area (Å²) < 4.78 is 0.0189. The van der Waals surface area contributed by atoms with Gasteiger partial charge in [-0.1, -0.05) is 0 Å². The lowest BCUT2D eigenvalue weighted by molar-refractivity contribution is -0.116. The van der Waals surface area contributed by atoms with Crippen LogP contribution in [0.2, 0.25) is 0 Å². The van der Waals surface area contributed by atoms with Crippen LogP contribution in [-0.4, -0.2) is 32.5 Å². The Morgan fingerprint density at radius 2 is 2.32 bits per heavy atom. The first-order chi connectivity index (χ1) is 8.98. The minimum Gasteiger partial charge on any atom is -0.478 e. The molecule has 1 aliphatic rings. The van der Waals surface area contributed by atoms with Gasteiger partial charge in [0.05, 0.1) is 5.56 Å². The van der Waals surface area contributed by atoms with Crippen LogP contribution >= 0.6 is 11.8 Å². The van der Waals surface area contributed by atoms with Crippen molar-refractivity contribution < 1.29 is 14.7 Å². The second-order valence-electron chi connectivity index (χ2n) is 4.86. The van der Waals surface area contributed by atoms with E-state index in [1.165, 1.54) is 18.3 Å². The van der Waals surface area contributed by atoms with Gasteiger partial charge in [-0.05, 0) is 37.7 Å². The van der Waals surface area contributed by atoms with Crippen LogP contribution in [0, 0.1) is 0 Å². The Kier molecular flexibility index (Phi) is 4.09. The highest BCUT2D eigenvalue weighted by Crippen LogP contribution is 2.40. The van der Waals surface area contributed by atoms with Crippen LogP contribution < -0.4 is 5.32 Å². The maximum absolute atomic E-state index is 11.9. The van der Waals surface area contributed by atoms with Gasteiger partial charge in [0.2, 0.25) is 5.91 Å². The number of nitrogens with zero attached hydrogens (tertiary/aromatic N) is 1. The number of carboxylic acid groups (broad SMARTS) is 1. The molecule has 0 saturated carbocycles. The van der Waals surface area contributed by atoms with Gasteiger partial charge >= 0.3 is 5.97 Å². The van der Waals surface area contributed by atoms with E-state index in [-0.39, 0.29) is 16.2 Å². The highest BCUT2D eigenvalue weighted by atomic mass is 32.2. The number of anilines is 1. The van der Waals surface area contributed by atoms with Crippen molar-refractivity contribution in [1.82, 2.24) is 4.98 Å². The zero-order valence-electron chi connectivity index (χ0n) is 10.7. The van der Waals surface area contributed by atoms with E-state index in [0.29, 0.717) is 12.2 Å². The van der Waals surface area contributed by atoms with Crippen molar-refractivity contribution >= 4 is 29.5 Å². The maximum Gasteiger partial charge on any atom is 0.337 e. The van der Waals surface area contributed by atoms with Crippen LogP contribution in [0.4, 0.5) is 5.82 Å². The molecule has 1 unspecified atom stereocenters. The number of pyridine rings is 1. The van der Waals surface area contributed by atoms with E-state index >= 15 is 0 Å². The summed E-state index contributed by atoms with van der Waals surface area (Å²) in [5.74, 6) is 0.393. The first kappa shape index (κ1) is 13.9. The van der Waals surface area contributed by atoms with Crippen LogP contribution in [0.1, 0.15) is 36.5 Å². The predicted octanol–water partition coefficient (Wildman–Crippen LogP) is 2.39. The van der Waals surface area contributed by atoms with Crippen molar-refractivity contribution in [2.75, 3.05) is 11.1 Å². The summed E-state index contributed by atoms with van der Waals surface area (Å²) in [7, 11) is 0. The molecule has 19 heavy (non-hydrogen) atoms. The Morgan fingerprint density at radius 1 is 1.53 bits per heavy atom. The van der Waals surface area contributed by atoms with Gasteiger partial charge in [0, 0.05) is 17.4 Å². The minimum absolute atomic E-state index is 0.0189. The van der Waals surface area contributed by atoms with E-state index in [1.807, 2.05) is 11.8 Å². The van der Waals surface area contributed by atoms with Crippen molar-refractivity contribution in [2.24, 2.45) is 0 Å². The molecule has 0 spiro atoms. The third-order valence-corrected chi connectivity index (χ3v) is 4.65. The molecule has 1 aromatic rings. The summed E-state index contributed by atoms with van der Waals surface area (Å²) in [5, 5.41) is 11.5. The molecule has 5 nitrogen and oxygen atoms in total. The highest BCUT2D eigenvalue weighted by Gasteiger charge is 2.31. The molecule has 1 aliphatic heterocycles. The Bertz CT molecular complexity index is 481. The van der Waals surface area contributed by atoms with Crippen LogP contribution in [0.3, 0.4) is 0 Å². The molecule has 0 aliphatic carbocycles.